The average molecular weight is 260 g/mol. The van der Waals surface area contributed by atoms with Crippen LogP contribution in [0.4, 0.5) is 0 Å². The molecular weight excluding hydrogens is 244 g/mol. The molecule has 0 atom stereocenters. The summed E-state index contributed by atoms with van der Waals surface area (Å²) in [5, 5.41) is 10.8. The van der Waals surface area contributed by atoms with E-state index in [9.17, 15) is 14.7 Å². The molecule has 4 nitrogen and oxygen atoms in total. The molecule has 0 bridgehead atoms. The van der Waals surface area contributed by atoms with Crippen molar-refractivity contribution in [2.24, 2.45) is 0 Å². The molecule has 0 fully saturated rings. The monoisotopic (exact) mass is 260 g/mol. The predicted octanol–water partition coefficient (Wildman–Crippen LogP) is 2.96. The number of hydrogen-bond donors (Lipinski definition) is 1. The van der Waals surface area contributed by atoms with E-state index >= 15 is 0 Å². The van der Waals surface area contributed by atoms with Crippen molar-refractivity contribution in [3.8, 4) is 5.75 Å². The standard InChI is InChI=1S/C15H16O4/c1-4-5-10-7-12(17)19-11-6-8(2)13(9(3)16)15(18)14(10)11/h6-7,18H,4-5H2,1-3H3. The number of carbonyl (C=O) groups excluding carboxylic acids is 1. The van der Waals surface area contributed by atoms with Gasteiger partial charge in [0.25, 0.3) is 0 Å². The number of aromatic hydroxyl groups is 1. The third-order valence-electron chi connectivity index (χ3n) is 3.16. The lowest BCUT2D eigenvalue weighted by molar-refractivity contribution is 0.101. The van der Waals surface area contributed by atoms with Crippen LogP contribution in [0.1, 0.15) is 41.8 Å². The molecule has 0 saturated carbocycles. The number of benzene rings is 1. The highest BCUT2D eigenvalue weighted by Crippen LogP contribution is 2.34. The minimum atomic E-state index is -0.440. The number of hydrogen-bond acceptors (Lipinski definition) is 4. The van der Waals surface area contributed by atoms with Gasteiger partial charge in [0, 0.05) is 6.07 Å². The zero-order chi connectivity index (χ0) is 14.2. The highest BCUT2D eigenvalue weighted by Gasteiger charge is 2.18. The van der Waals surface area contributed by atoms with Gasteiger partial charge in [0.2, 0.25) is 0 Å². The van der Waals surface area contributed by atoms with Gasteiger partial charge in [-0.2, -0.15) is 0 Å². The number of ketones is 1. The number of fused-ring (bicyclic) bond motifs is 1. The van der Waals surface area contributed by atoms with E-state index in [1.807, 2.05) is 6.92 Å². The Balaban J connectivity index is 2.93. The smallest absolute Gasteiger partial charge is 0.336 e. The maximum absolute atomic E-state index is 11.6. The molecule has 1 heterocycles. The van der Waals surface area contributed by atoms with Crippen molar-refractivity contribution in [2.75, 3.05) is 0 Å². The number of phenolic OH excluding ortho intramolecular Hbond substituents is 1. The molecule has 1 N–H and O–H groups in total. The van der Waals surface area contributed by atoms with Gasteiger partial charge in [-0.3, -0.25) is 4.79 Å². The second kappa shape index (κ2) is 4.88. The van der Waals surface area contributed by atoms with Gasteiger partial charge in [-0.05, 0) is 37.5 Å². The first kappa shape index (κ1) is 13.3. The minimum absolute atomic E-state index is 0.0882. The van der Waals surface area contributed by atoms with E-state index in [0.717, 1.165) is 6.42 Å². The van der Waals surface area contributed by atoms with Gasteiger partial charge in [-0.1, -0.05) is 13.3 Å². The molecule has 0 spiro atoms. The molecule has 0 unspecified atom stereocenters. The second-order valence-electron chi connectivity index (χ2n) is 4.69. The van der Waals surface area contributed by atoms with Crippen molar-refractivity contribution in [1.82, 2.24) is 0 Å². The molecule has 2 rings (SSSR count). The fourth-order valence-electron chi connectivity index (χ4n) is 2.42. The molecule has 100 valence electrons. The van der Waals surface area contributed by atoms with Crippen LogP contribution in [0.25, 0.3) is 11.0 Å². The normalized spacial score (nSPS) is 10.9. The van der Waals surface area contributed by atoms with Gasteiger partial charge in [0.1, 0.15) is 11.3 Å². The number of rotatable bonds is 3. The summed E-state index contributed by atoms with van der Waals surface area (Å²) >= 11 is 0. The molecule has 19 heavy (non-hydrogen) atoms. The van der Waals surface area contributed by atoms with Crippen molar-refractivity contribution < 1.29 is 14.3 Å². The van der Waals surface area contributed by atoms with Crippen molar-refractivity contribution in [2.45, 2.75) is 33.6 Å². The molecule has 0 amide bonds. The summed E-state index contributed by atoms with van der Waals surface area (Å²) in [4.78, 5) is 23.1. The Morgan fingerprint density at radius 1 is 1.37 bits per heavy atom. The highest BCUT2D eigenvalue weighted by atomic mass is 16.4. The number of aryl methyl sites for hydroxylation is 2. The lowest BCUT2D eigenvalue weighted by Crippen LogP contribution is -2.04. The van der Waals surface area contributed by atoms with E-state index in [0.29, 0.717) is 34.1 Å². The molecule has 0 aliphatic carbocycles. The van der Waals surface area contributed by atoms with Crippen LogP contribution < -0.4 is 5.63 Å². The fraction of sp³-hybridized carbons (Fsp3) is 0.333. The number of carbonyl (C=O) groups is 1. The Kier molecular flexibility index (Phi) is 3.42. The Bertz CT molecular complexity index is 710. The summed E-state index contributed by atoms with van der Waals surface area (Å²) in [6, 6.07) is 3.01. The SMILES string of the molecule is CCCc1cc(=O)oc2cc(C)c(C(C)=O)c(O)c12. The molecule has 0 aliphatic heterocycles. The summed E-state index contributed by atoms with van der Waals surface area (Å²) in [6.45, 7) is 5.10. The van der Waals surface area contributed by atoms with E-state index in [2.05, 4.69) is 0 Å². The third-order valence-corrected chi connectivity index (χ3v) is 3.16. The van der Waals surface area contributed by atoms with E-state index in [4.69, 9.17) is 4.42 Å². The molecule has 2 aromatic rings. The maximum atomic E-state index is 11.6. The summed E-state index contributed by atoms with van der Waals surface area (Å²) < 4.78 is 5.12. The first-order chi connectivity index (χ1) is 8.95. The molecule has 0 aliphatic rings. The van der Waals surface area contributed by atoms with Gasteiger partial charge in [0.05, 0.1) is 10.9 Å². The van der Waals surface area contributed by atoms with Gasteiger partial charge in [-0.15, -0.1) is 0 Å². The van der Waals surface area contributed by atoms with E-state index < -0.39 is 5.63 Å². The third kappa shape index (κ3) is 2.26. The van der Waals surface area contributed by atoms with Crippen molar-refractivity contribution in [3.05, 3.63) is 39.2 Å². The molecular formula is C15H16O4. The molecule has 1 aromatic heterocycles. The molecule has 4 heteroatoms. The lowest BCUT2D eigenvalue weighted by atomic mass is 9.97. The minimum Gasteiger partial charge on any atom is -0.506 e. The van der Waals surface area contributed by atoms with Crippen molar-refractivity contribution in [3.63, 3.8) is 0 Å². The molecule has 0 saturated heterocycles. The maximum Gasteiger partial charge on any atom is 0.336 e. The summed E-state index contributed by atoms with van der Waals surface area (Å²) in [5.41, 5.74) is 1.50. The first-order valence-electron chi connectivity index (χ1n) is 6.26. The molecule has 1 aromatic carbocycles. The van der Waals surface area contributed by atoms with E-state index in [1.165, 1.54) is 13.0 Å². The van der Waals surface area contributed by atoms with E-state index in [1.54, 1.807) is 13.0 Å². The summed E-state index contributed by atoms with van der Waals surface area (Å²) in [7, 11) is 0. The van der Waals surface area contributed by atoms with Gasteiger partial charge in [0.15, 0.2) is 5.78 Å². The van der Waals surface area contributed by atoms with Crippen LogP contribution in [-0.4, -0.2) is 10.9 Å². The summed E-state index contributed by atoms with van der Waals surface area (Å²) in [6.07, 6.45) is 1.48. The van der Waals surface area contributed by atoms with Crippen molar-refractivity contribution in [1.29, 1.82) is 0 Å². The van der Waals surface area contributed by atoms with E-state index in [-0.39, 0.29) is 11.5 Å². The number of phenols is 1. The topological polar surface area (TPSA) is 67.5 Å². The van der Waals surface area contributed by atoms with Gasteiger partial charge < -0.3 is 9.52 Å². The fourth-order valence-corrected chi connectivity index (χ4v) is 2.42. The largest absolute Gasteiger partial charge is 0.506 e. The first-order valence-corrected chi connectivity index (χ1v) is 6.26. The Labute approximate surface area is 110 Å². The highest BCUT2D eigenvalue weighted by molar-refractivity contribution is 6.04. The van der Waals surface area contributed by atoms with Gasteiger partial charge in [-0.25, -0.2) is 4.79 Å². The second-order valence-corrected chi connectivity index (χ2v) is 4.69. The van der Waals surface area contributed by atoms with Crippen LogP contribution in [0.2, 0.25) is 0 Å². The zero-order valence-corrected chi connectivity index (χ0v) is 11.2. The Morgan fingerprint density at radius 3 is 2.63 bits per heavy atom. The van der Waals surface area contributed by atoms with Crippen LogP contribution in [0.5, 0.6) is 5.75 Å². The quantitative estimate of drug-likeness (QED) is 0.680. The van der Waals surface area contributed by atoms with Crippen molar-refractivity contribution >= 4 is 16.8 Å². The van der Waals surface area contributed by atoms with Crippen LogP contribution in [0, 0.1) is 6.92 Å². The van der Waals surface area contributed by atoms with Crippen LogP contribution >= 0.6 is 0 Å². The Morgan fingerprint density at radius 2 is 2.05 bits per heavy atom. The van der Waals surface area contributed by atoms with Gasteiger partial charge >= 0.3 is 5.63 Å². The van der Waals surface area contributed by atoms with Crippen LogP contribution in [0.3, 0.4) is 0 Å². The predicted molar refractivity (Wildman–Crippen MR) is 72.9 cm³/mol. The van der Waals surface area contributed by atoms with Crippen LogP contribution in [-0.2, 0) is 6.42 Å². The van der Waals surface area contributed by atoms with Crippen LogP contribution in [0.15, 0.2) is 21.3 Å². The zero-order valence-electron chi connectivity index (χ0n) is 11.2. The molecule has 0 radical (unpaired) electrons. The number of Topliss-reactive ketones (excluding diaryl/α,β-unsaturated/α-hetero) is 1. The summed E-state index contributed by atoms with van der Waals surface area (Å²) in [5.74, 6) is -0.291. The average Bonchev–Trinajstić information content (AvgIpc) is 2.27. The Hall–Kier alpha value is -2.10. The lowest BCUT2D eigenvalue weighted by Gasteiger charge is -2.11.